The van der Waals surface area contributed by atoms with Crippen LogP contribution in [-0.2, 0) is 16.2 Å². The number of amides is 1. The molecule has 1 amide bonds. The highest BCUT2D eigenvalue weighted by Gasteiger charge is 2.33. The SMILES string of the molecule is CNS(=O)(=O)c1cc(C(=O)NNc2ccccc2C(F)(F)F)cc(C)c1C. The van der Waals surface area contributed by atoms with Crippen LogP contribution in [-0.4, -0.2) is 21.4 Å². The zero-order chi connectivity index (χ0) is 20.4. The Morgan fingerprint density at radius 1 is 1.07 bits per heavy atom. The molecule has 0 saturated carbocycles. The van der Waals surface area contributed by atoms with Crippen molar-refractivity contribution in [3.8, 4) is 0 Å². The molecule has 0 spiro atoms. The second-order valence-corrected chi connectivity index (χ2v) is 7.60. The van der Waals surface area contributed by atoms with Crippen LogP contribution in [0.25, 0.3) is 0 Å². The van der Waals surface area contributed by atoms with Crippen molar-refractivity contribution in [1.82, 2.24) is 10.1 Å². The maximum Gasteiger partial charge on any atom is 0.418 e. The Kier molecular flexibility index (Phi) is 5.81. The number of carbonyl (C=O) groups excluding carboxylic acids is 1. The number of benzene rings is 2. The molecule has 0 fully saturated rings. The Labute approximate surface area is 154 Å². The number of sulfonamides is 1. The van der Waals surface area contributed by atoms with E-state index in [1.54, 1.807) is 13.8 Å². The van der Waals surface area contributed by atoms with E-state index < -0.39 is 27.7 Å². The highest BCUT2D eigenvalue weighted by atomic mass is 32.2. The van der Waals surface area contributed by atoms with Gasteiger partial charge in [0.15, 0.2) is 0 Å². The Morgan fingerprint density at radius 2 is 1.70 bits per heavy atom. The average molecular weight is 401 g/mol. The predicted molar refractivity (Wildman–Crippen MR) is 94.7 cm³/mol. The van der Waals surface area contributed by atoms with Gasteiger partial charge in [0.25, 0.3) is 5.91 Å². The molecule has 27 heavy (non-hydrogen) atoms. The summed E-state index contributed by atoms with van der Waals surface area (Å²) in [6, 6.07) is 7.28. The van der Waals surface area contributed by atoms with Crippen molar-refractivity contribution >= 4 is 21.6 Å². The predicted octanol–water partition coefficient (Wildman–Crippen LogP) is 2.99. The van der Waals surface area contributed by atoms with Gasteiger partial charge in [-0.2, -0.15) is 13.2 Å². The Morgan fingerprint density at radius 3 is 2.30 bits per heavy atom. The smallest absolute Gasteiger partial charge is 0.298 e. The van der Waals surface area contributed by atoms with Crippen molar-refractivity contribution in [3.05, 3.63) is 58.7 Å². The maximum absolute atomic E-state index is 13.0. The molecule has 0 unspecified atom stereocenters. The van der Waals surface area contributed by atoms with Crippen LogP contribution in [0.4, 0.5) is 18.9 Å². The summed E-state index contributed by atoms with van der Waals surface area (Å²) in [5, 5.41) is 0. The molecule has 0 aliphatic heterocycles. The molecule has 2 aromatic carbocycles. The number of alkyl halides is 3. The van der Waals surface area contributed by atoms with Crippen LogP contribution >= 0.6 is 0 Å². The number of hydrogen-bond acceptors (Lipinski definition) is 4. The van der Waals surface area contributed by atoms with Gasteiger partial charge in [0, 0.05) is 5.56 Å². The summed E-state index contributed by atoms with van der Waals surface area (Å²) >= 11 is 0. The van der Waals surface area contributed by atoms with Gasteiger partial charge in [0.1, 0.15) is 0 Å². The first-order valence-electron chi connectivity index (χ1n) is 7.74. The standard InChI is InChI=1S/C17H18F3N3O3S/c1-10-8-12(9-15(11(10)2)27(25,26)21-3)16(24)23-22-14-7-5-4-6-13(14)17(18,19)20/h4-9,21-22H,1-3H3,(H,23,24). The summed E-state index contributed by atoms with van der Waals surface area (Å²) in [6.45, 7) is 3.23. The van der Waals surface area contributed by atoms with Crippen LogP contribution in [0.1, 0.15) is 27.0 Å². The topological polar surface area (TPSA) is 87.3 Å². The van der Waals surface area contributed by atoms with Crippen molar-refractivity contribution < 1.29 is 26.4 Å². The minimum Gasteiger partial charge on any atom is -0.298 e. The zero-order valence-electron chi connectivity index (χ0n) is 14.7. The fourth-order valence-electron chi connectivity index (χ4n) is 2.38. The number of hydrogen-bond donors (Lipinski definition) is 3. The molecule has 2 rings (SSSR count). The van der Waals surface area contributed by atoms with E-state index in [0.29, 0.717) is 11.1 Å². The minimum atomic E-state index is -4.59. The molecule has 6 nitrogen and oxygen atoms in total. The van der Waals surface area contributed by atoms with Crippen LogP contribution < -0.4 is 15.6 Å². The third-order valence-electron chi connectivity index (χ3n) is 3.98. The number of nitrogens with one attached hydrogen (secondary N) is 3. The number of carbonyl (C=O) groups is 1. The average Bonchev–Trinajstić information content (AvgIpc) is 2.61. The van der Waals surface area contributed by atoms with Gasteiger partial charge in [0.05, 0.1) is 16.1 Å². The molecule has 0 aliphatic carbocycles. The quantitative estimate of drug-likeness (QED) is 0.673. The van der Waals surface area contributed by atoms with Crippen LogP contribution in [0, 0.1) is 13.8 Å². The Balaban J connectivity index is 2.31. The molecule has 10 heteroatoms. The molecule has 0 bridgehead atoms. The number of hydrazine groups is 1. The number of para-hydroxylation sites is 1. The molecule has 0 atom stereocenters. The third kappa shape index (κ3) is 4.58. The van der Waals surface area contributed by atoms with E-state index in [9.17, 15) is 26.4 Å². The van der Waals surface area contributed by atoms with E-state index in [-0.39, 0.29) is 16.1 Å². The van der Waals surface area contributed by atoms with Gasteiger partial charge >= 0.3 is 6.18 Å². The molecule has 146 valence electrons. The van der Waals surface area contributed by atoms with Gasteiger partial charge in [-0.1, -0.05) is 12.1 Å². The van der Waals surface area contributed by atoms with Gasteiger partial charge in [-0.05, 0) is 56.3 Å². The first kappa shape index (κ1) is 20.7. The van der Waals surface area contributed by atoms with Crippen molar-refractivity contribution in [1.29, 1.82) is 0 Å². The largest absolute Gasteiger partial charge is 0.418 e. The summed E-state index contributed by atoms with van der Waals surface area (Å²) < 4.78 is 65.3. The second kappa shape index (κ2) is 7.57. The van der Waals surface area contributed by atoms with Gasteiger partial charge in [-0.3, -0.25) is 15.6 Å². The fourth-order valence-corrected chi connectivity index (χ4v) is 3.45. The zero-order valence-corrected chi connectivity index (χ0v) is 15.5. The van der Waals surface area contributed by atoms with E-state index in [1.165, 1.54) is 37.4 Å². The number of aryl methyl sites for hydroxylation is 1. The third-order valence-corrected chi connectivity index (χ3v) is 5.52. The van der Waals surface area contributed by atoms with Gasteiger partial charge in [-0.25, -0.2) is 13.1 Å². The van der Waals surface area contributed by atoms with Crippen LogP contribution in [0.3, 0.4) is 0 Å². The van der Waals surface area contributed by atoms with E-state index in [0.717, 1.165) is 6.07 Å². The van der Waals surface area contributed by atoms with Crippen molar-refractivity contribution in [3.63, 3.8) is 0 Å². The lowest BCUT2D eigenvalue weighted by atomic mass is 10.1. The first-order valence-corrected chi connectivity index (χ1v) is 9.23. The monoisotopic (exact) mass is 401 g/mol. The number of anilines is 1. The molecule has 0 aromatic heterocycles. The highest BCUT2D eigenvalue weighted by molar-refractivity contribution is 7.89. The fraction of sp³-hybridized carbons (Fsp3) is 0.235. The lowest BCUT2D eigenvalue weighted by molar-refractivity contribution is -0.137. The van der Waals surface area contributed by atoms with Crippen LogP contribution in [0.15, 0.2) is 41.3 Å². The number of halogens is 3. The summed E-state index contributed by atoms with van der Waals surface area (Å²) in [6.07, 6.45) is -4.59. The molecule has 0 heterocycles. The number of rotatable bonds is 5. The molecule has 0 radical (unpaired) electrons. The highest BCUT2D eigenvalue weighted by Crippen LogP contribution is 2.34. The maximum atomic E-state index is 13.0. The first-order chi connectivity index (χ1) is 12.5. The molecular weight excluding hydrogens is 383 g/mol. The Hall–Kier alpha value is -2.59. The van der Waals surface area contributed by atoms with E-state index in [1.807, 2.05) is 0 Å². The van der Waals surface area contributed by atoms with Crippen LogP contribution in [0.2, 0.25) is 0 Å². The summed E-state index contributed by atoms with van der Waals surface area (Å²) in [5.41, 5.74) is 4.14. The Bertz CT molecular complexity index is 973. The van der Waals surface area contributed by atoms with Crippen molar-refractivity contribution in [2.75, 3.05) is 12.5 Å². The summed E-state index contributed by atoms with van der Waals surface area (Å²) in [7, 11) is -2.56. The van der Waals surface area contributed by atoms with Gasteiger partial charge in [-0.15, -0.1) is 0 Å². The molecular formula is C17H18F3N3O3S. The normalized spacial score (nSPS) is 11.9. The van der Waals surface area contributed by atoms with E-state index in [2.05, 4.69) is 15.6 Å². The lowest BCUT2D eigenvalue weighted by Gasteiger charge is -2.16. The molecule has 2 aromatic rings. The van der Waals surface area contributed by atoms with Crippen molar-refractivity contribution in [2.45, 2.75) is 24.9 Å². The summed E-state index contributed by atoms with van der Waals surface area (Å²) in [5.74, 6) is -0.775. The van der Waals surface area contributed by atoms with Crippen LogP contribution in [0.5, 0.6) is 0 Å². The molecule has 0 saturated heterocycles. The summed E-state index contributed by atoms with van der Waals surface area (Å²) in [4.78, 5) is 12.3. The lowest BCUT2D eigenvalue weighted by Crippen LogP contribution is -2.31. The van der Waals surface area contributed by atoms with Gasteiger partial charge in [0.2, 0.25) is 10.0 Å². The van der Waals surface area contributed by atoms with Gasteiger partial charge < -0.3 is 0 Å². The minimum absolute atomic E-state index is 0.0103. The van der Waals surface area contributed by atoms with Crippen molar-refractivity contribution in [2.24, 2.45) is 0 Å². The van der Waals surface area contributed by atoms with E-state index >= 15 is 0 Å². The van der Waals surface area contributed by atoms with E-state index in [4.69, 9.17) is 0 Å². The molecule has 0 aliphatic rings. The second-order valence-electron chi connectivity index (χ2n) is 5.75. The molecule has 3 N–H and O–H groups in total.